The van der Waals surface area contributed by atoms with Crippen LogP contribution in [0.25, 0.3) is 0 Å². The Bertz CT molecular complexity index is 569. The molecule has 0 aliphatic heterocycles. The molecule has 0 unspecified atom stereocenters. The fraction of sp³-hybridized carbons (Fsp3) is 0.250. The van der Waals surface area contributed by atoms with E-state index in [4.69, 9.17) is 10.2 Å². The largest absolute Gasteiger partial charge is 0.573 e. The van der Waals surface area contributed by atoms with Crippen molar-refractivity contribution in [3.8, 4) is 5.75 Å². The zero-order valence-corrected chi connectivity index (χ0v) is 10.3. The number of aromatic nitrogens is 1. The second-order valence-corrected chi connectivity index (χ2v) is 3.88. The fourth-order valence-electron chi connectivity index (χ4n) is 1.52. The van der Waals surface area contributed by atoms with Crippen LogP contribution >= 0.6 is 0 Å². The lowest BCUT2D eigenvalue weighted by atomic mass is 10.3. The number of benzene rings is 1. The topological polar surface area (TPSA) is 73.3 Å². The number of nitrogens with two attached hydrogens (primary N) is 1. The smallest absolute Gasteiger partial charge is 0.432 e. The zero-order chi connectivity index (χ0) is 14.6. The first-order valence-corrected chi connectivity index (χ1v) is 5.73. The normalized spacial score (nSPS) is 11.4. The van der Waals surface area contributed by atoms with Crippen LogP contribution in [0.1, 0.15) is 5.69 Å². The van der Waals surface area contributed by atoms with Crippen molar-refractivity contribution in [2.75, 3.05) is 11.9 Å². The van der Waals surface area contributed by atoms with Crippen LogP contribution in [0.2, 0.25) is 0 Å². The third-order valence-electron chi connectivity index (χ3n) is 2.27. The van der Waals surface area contributed by atoms with Crippen molar-refractivity contribution in [3.05, 3.63) is 36.2 Å². The molecule has 0 bridgehead atoms. The number of nitrogens with one attached hydrogen (secondary N) is 1. The molecule has 1 aromatic heterocycles. The predicted octanol–water partition coefficient (Wildman–Crippen LogP) is 2.82. The van der Waals surface area contributed by atoms with Gasteiger partial charge in [0.2, 0.25) is 0 Å². The standard InChI is InChI=1S/C12H12F3N3O2/c13-12(14,15)20-10-3-1-2-8(6-10)17-11-18-9(4-5-16)7-19-11/h1-3,6-7H,4-5,16H2,(H,17,18). The highest BCUT2D eigenvalue weighted by Crippen LogP contribution is 2.26. The Balaban J connectivity index is 2.07. The number of rotatable bonds is 5. The summed E-state index contributed by atoms with van der Waals surface area (Å²) in [6, 6.07) is 5.56. The molecular formula is C12H12F3N3O2. The predicted molar refractivity (Wildman–Crippen MR) is 65.7 cm³/mol. The number of oxazole rings is 1. The molecule has 3 N–H and O–H groups in total. The van der Waals surface area contributed by atoms with E-state index in [1.165, 1.54) is 24.5 Å². The van der Waals surface area contributed by atoms with E-state index in [9.17, 15) is 13.2 Å². The summed E-state index contributed by atoms with van der Waals surface area (Å²) in [7, 11) is 0. The Morgan fingerprint density at radius 3 is 2.85 bits per heavy atom. The van der Waals surface area contributed by atoms with Crippen molar-refractivity contribution in [2.24, 2.45) is 5.73 Å². The molecule has 20 heavy (non-hydrogen) atoms. The van der Waals surface area contributed by atoms with Crippen LogP contribution in [0.5, 0.6) is 5.75 Å². The maximum atomic E-state index is 12.1. The average Bonchev–Trinajstić information content (AvgIpc) is 2.75. The summed E-state index contributed by atoms with van der Waals surface area (Å²) in [6.45, 7) is 0.431. The van der Waals surface area contributed by atoms with Crippen LogP contribution in [0.4, 0.5) is 24.9 Å². The number of ether oxygens (including phenoxy) is 1. The van der Waals surface area contributed by atoms with Crippen LogP contribution in [-0.4, -0.2) is 17.9 Å². The number of halogens is 3. The lowest BCUT2D eigenvalue weighted by molar-refractivity contribution is -0.274. The summed E-state index contributed by atoms with van der Waals surface area (Å²) in [5, 5.41) is 2.74. The van der Waals surface area contributed by atoms with Crippen LogP contribution in [0.15, 0.2) is 34.9 Å². The first-order valence-electron chi connectivity index (χ1n) is 5.73. The zero-order valence-electron chi connectivity index (χ0n) is 10.3. The lowest BCUT2D eigenvalue weighted by Gasteiger charge is -2.09. The molecule has 0 radical (unpaired) electrons. The molecule has 2 aromatic rings. The van der Waals surface area contributed by atoms with Crippen LogP contribution < -0.4 is 15.8 Å². The van der Waals surface area contributed by atoms with Gasteiger partial charge in [-0.2, -0.15) is 4.98 Å². The van der Waals surface area contributed by atoms with Gasteiger partial charge in [0.1, 0.15) is 12.0 Å². The van der Waals surface area contributed by atoms with E-state index in [0.29, 0.717) is 24.3 Å². The van der Waals surface area contributed by atoms with E-state index < -0.39 is 6.36 Å². The Kier molecular flexibility index (Phi) is 4.14. The van der Waals surface area contributed by atoms with E-state index in [-0.39, 0.29) is 11.8 Å². The van der Waals surface area contributed by atoms with Crippen molar-refractivity contribution in [3.63, 3.8) is 0 Å². The second-order valence-electron chi connectivity index (χ2n) is 3.88. The Morgan fingerprint density at radius 2 is 2.15 bits per heavy atom. The Hall–Kier alpha value is -2.22. The van der Waals surface area contributed by atoms with Gasteiger partial charge >= 0.3 is 6.36 Å². The van der Waals surface area contributed by atoms with Crippen molar-refractivity contribution in [2.45, 2.75) is 12.8 Å². The van der Waals surface area contributed by atoms with Gasteiger partial charge in [0.25, 0.3) is 6.01 Å². The molecule has 0 aliphatic rings. The summed E-state index contributed by atoms with van der Waals surface area (Å²) in [5.74, 6) is -0.323. The number of anilines is 2. The van der Waals surface area contributed by atoms with Crippen LogP contribution in [-0.2, 0) is 6.42 Å². The van der Waals surface area contributed by atoms with Crippen molar-refractivity contribution in [1.82, 2.24) is 4.98 Å². The number of nitrogens with zero attached hydrogens (tertiary/aromatic N) is 1. The molecule has 5 nitrogen and oxygen atoms in total. The van der Waals surface area contributed by atoms with Crippen molar-refractivity contribution in [1.29, 1.82) is 0 Å². The average molecular weight is 287 g/mol. The van der Waals surface area contributed by atoms with Gasteiger partial charge < -0.3 is 20.2 Å². The molecule has 0 spiro atoms. The van der Waals surface area contributed by atoms with Gasteiger partial charge in [-0.15, -0.1) is 13.2 Å². The van der Waals surface area contributed by atoms with E-state index in [1.54, 1.807) is 6.07 Å². The first kappa shape index (κ1) is 14.2. The maximum Gasteiger partial charge on any atom is 0.573 e. The second kappa shape index (κ2) is 5.83. The van der Waals surface area contributed by atoms with Gasteiger partial charge in [0, 0.05) is 18.2 Å². The molecule has 8 heteroatoms. The molecule has 0 fully saturated rings. The SMILES string of the molecule is NCCc1coc(Nc2cccc(OC(F)(F)F)c2)n1. The molecule has 0 amide bonds. The van der Waals surface area contributed by atoms with Gasteiger partial charge in [-0.05, 0) is 18.7 Å². The molecule has 108 valence electrons. The highest BCUT2D eigenvalue weighted by atomic mass is 19.4. The van der Waals surface area contributed by atoms with Gasteiger partial charge in [-0.1, -0.05) is 6.07 Å². The molecule has 0 saturated carbocycles. The summed E-state index contributed by atoms with van der Waals surface area (Å²) in [6.07, 6.45) is -2.73. The number of hydrogen-bond donors (Lipinski definition) is 2. The minimum atomic E-state index is -4.73. The van der Waals surface area contributed by atoms with E-state index in [2.05, 4.69) is 15.0 Å². The highest BCUT2D eigenvalue weighted by molar-refractivity contribution is 5.55. The van der Waals surface area contributed by atoms with E-state index >= 15 is 0 Å². The van der Waals surface area contributed by atoms with Gasteiger partial charge in [-0.3, -0.25) is 0 Å². The minimum Gasteiger partial charge on any atom is -0.432 e. The molecule has 0 atom stereocenters. The molecule has 0 saturated heterocycles. The monoisotopic (exact) mass is 287 g/mol. The van der Waals surface area contributed by atoms with Gasteiger partial charge in [0.05, 0.1) is 5.69 Å². The molecular weight excluding hydrogens is 275 g/mol. The van der Waals surface area contributed by atoms with Crippen LogP contribution in [0.3, 0.4) is 0 Å². The third-order valence-corrected chi connectivity index (χ3v) is 2.27. The van der Waals surface area contributed by atoms with Gasteiger partial charge in [-0.25, -0.2) is 0 Å². The summed E-state index contributed by atoms with van der Waals surface area (Å²) >= 11 is 0. The summed E-state index contributed by atoms with van der Waals surface area (Å²) in [4.78, 5) is 4.08. The molecule has 1 aromatic carbocycles. The third kappa shape index (κ3) is 4.16. The summed E-state index contributed by atoms with van der Waals surface area (Å²) in [5.41, 5.74) is 6.41. The molecule has 0 aliphatic carbocycles. The van der Waals surface area contributed by atoms with Crippen LogP contribution in [0, 0.1) is 0 Å². The fourth-order valence-corrected chi connectivity index (χ4v) is 1.52. The van der Waals surface area contributed by atoms with Crippen molar-refractivity contribution < 1.29 is 22.3 Å². The first-order chi connectivity index (χ1) is 9.46. The Labute approximate surface area is 112 Å². The quantitative estimate of drug-likeness (QED) is 0.884. The molecule has 2 rings (SSSR count). The number of alkyl halides is 3. The Morgan fingerprint density at radius 1 is 1.35 bits per heavy atom. The highest BCUT2D eigenvalue weighted by Gasteiger charge is 2.31. The van der Waals surface area contributed by atoms with Gasteiger partial charge in [0.15, 0.2) is 0 Å². The van der Waals surface area contributed by atoms with E-state index in [1.807, 2.05) is 0 Å². The number of hydrogen-bond acceptors (Lipinski definition) is 5. The minimum absolute atomic E-state index is 0.178. The van der Waals surface area contributed by atoms with Crippen molar-refractivity contribution >= 4 is 11.7 Å². The maximum absolute atomic E-state index is 12.1. The molecule has 1 heterocycles. The summed E-state index contributed by atoms with van der Waals surface area (Å²) < 4.78 is 45.2. The lowest BCUT2D eigenvalue weighted by Crippen LogP contribution is -2.17. The van der Waals surface area contributed by atoms with E-state index in [0.717, 1.165) is 0 Å².